The van der Waals surface area contributed by atoms with Gasteiger partial charge in [-0.3, -0.25) is 4.68 Å². The molecule has 2 aromatic rings. The van der Waals surface area contributed by atoms with Gasteiger partial charge in [-0.2, -0.15) is 5.10 Å². The van der Waals surface area contributed by atoms with E-state index in [9.17, 15) is 0 Å². The maximum atomic E-state index is 9.09. The highest BCUT2D eigenvalue weighted by Crippen LogP contribution is 2.21. The summed E-state index contributed by atoms with van der Waals surface area (Å²) >= 11 is 0. The molecule has 1 unspecified atom stereocenters. The standard InChI is InChI=1S/C12H19N5O/c1-8(2)10(4-5-18)16-11-9-6-15-17(3)12(9)14-7-13-11/h6-8,10,18H,4-5H2,1-3H3,(H,13,14,16). The summed E-state index contributed by atoms with van der Waals surface area (Å²) in [7, 11) is 1.85. The van der Waals surface area contributed by atoms with Crippen LogP contribution in [0, 0.1) is 5.92 Å². The van der Waals surface area contributed by atoms with Crippen molar-refractivity contribution in [1.82, 2.24) is 19.7 Å². The van der Waals surface area contributed by atoms with E-state index in [4.69, 9.17) is 5.11 Å². The van der Waals surface area contributed by atoms with Gasteiger partial charge in [0.05, 0.1) is 11.6 Å². The van der Waals surface area contributed by atoms with E-state index in [-0.39, 0.29) is 12.6 Å². The zero-order valence-electron chi connectivity index (χ0n) is 11.0. The fourth-order valence-electron chi connectivity index (χ4n) is 1.96. The summed E-state index contributed by atoms with van der Waals surface area (Å²) in [6.07, 6.45) is 3.99. The summed E-state index contributed by atoms with van der Waals surface area (Å²) < 4.78 is 1.72. The molecule has 6 heteroatoms. The van der Waals surface area contributed by atoms with Gasteiger partial charge >= 0.3 is 0 Å². The van der Waals surface area contributed by atoms with Crippen LogP contribution in [-0.4, -0.2) is 37.5 Å². The number of nitrogens with one attached hydrogen (secondary N) is 1. The van der Waals surface area contributed by atoms with Crippen molar-refractivity contribution < 1.29 is 5.11 Å². The van der Waals surface area contributed by atoms with Crippen molar-refractivity contribution in [3.05, 3.63) is 12.5 Å². The lowest BCUT2D eigenvalue weighted by Crippen LogP contribution is -2.27. The van der Waals surface area contributed by atoms with Crippen LogP contribution in [0.15, 0.2) is 12.5 Å². The van der Waals surface area contributed by atoms with Gasteiger partial charge in [0.15, 0.2) is 5.65 Å². The molecular formula is C12H19N5O. The molecule has 0 aliphatic heterocycles. The Morgan fingerprint density at radius 2 is 2.17 bits per heavy atom. The van der Waals surface area contributed by atoms with Gasteiger partial charge in [0.25, 0.3) is 0 Å². The molecule has 0 saturated heterocycles. The van der Waals surface area contributed by atoms with Gasteiger partial charge in [-0.25, -0.2) is 9.97 Å². The van der Waals surface area contributed by atoms with Crippen LogP contribution in [0.25, 0.3) is 11.0 Å². The minimum atomic E-state index is 0.164. The Morgan fingerprint density at radius 1 is 1.39 bits per heavy atom. The molecule has 0 amide bonds. The van der Waals surface area contributed by atoms with Crippen LogP contribution in [0.3, 0.4) is 0 Å². The normalized spacial score (nSPS) is 13.2. The third-order valence-electron chi connectivity index (χ3n) is 3.10. The van der Waals surface area contributed by atoms with Crippen LogP contribution in [0.1, 0.15) is 20.3 Å². The summed E-state index contributed by atoms with van der Waals surface area (Å²) in [5, 5.41) is 17.5. The average Bonchev–Trinajstić information content (AvgIpc) is 2.72. The molecule has 0 aromatic carbocycles. The molecule has 2 rings (SSSR count). The Morgan fingerprint density at radius 3 is 2.83 bits per heavy atom. The van der Waals surface area contributed by atoms with Crippen LogP contribution >= 0.6 is 0 Å². The smallest absolute Gasteiger partial charge is 0.163 e. The van der Waals surface area contributed by atoms with E-state index in [1.165, 1.54) is 6.33 Å². The molecule has 2 aromatic heterocycles. The van der Waals surface area contributed by atoms with Gasteiger partial charge in [0.1, 0.15) is 12.1 Å². The highest BCUT2D eigenvalue weighted by Gasteiger charge is 2.15. The van der Waals surface area contributed by atoms with E-state index in [1.54, 1.807) is 10.9 Å². The first-order valence-electron chi connectivity index (χ1n) is 6.13. The van der Waals surface area contributed by atoms with Gasteiger partial charge in [0, 0.05) is 19.7 Å². The highest BCUT2D eigenvalue weighted by atomic mass is 16.3. The fourth-order valence-corrected chi connectivity index (χ4v) is 1.96. The first kappa shape index (κ1) is 12.8. The summed E-state index contributed by atoms with van der Waals surface area (Å²) in [6, 6.07) is 0.188. The largest absolute Gasteiger partial charge is 0.396 e. The van der Waals surface area contributed by atoms with Crippen molar-refractivity contribution in [3.8, 4) is 0 Å². The number of aliphatic hydroxyl groups excluding tert-OH is 1. The number of hydrogen-bond acceptors (Lipinski definition) is 5. The second-order valence-electron chi connectivity index (χ2n) is 4.73. The Balaban J connectivity index is 2.30. The second kappa shape index (κ2) is 5.30. The molecule has 0 saturated carbocycles. The molecule has 0 radical (unpaired) electrons. The third kappa shape index (κ3) is 2.43. The molecule has 0 aliphatic rings. The van der Waals surface area contributed by atoms with E-state index in [0.29, 0.717) is 12.3 Å². The van der Waals surface area contributed by atoms with Crippen molar-refractivity contribution in [2.45, 2.75) is 26.3 Å². The maximum Gasteiger partial charge on any atom is 0.163 e. The first-order chi connectivity index (χ1) is 8.63. The van der Waals surface area contributed by atoms with Crippen LogP contribution in [-0.2, 0) is 7.05 Å². The zero-order valence-corrected chi connectivity index (χ0v) is 11.0. The second-order valence-corrected chi connectivity index (χ2v) is 4.73. The number of hydrogen-bond donors (Lipinski definition) is 2. The highest BCUT2D eigenvalue weighted by molar-refractivity contribution is 5.86. The number of aryl methyl sites for hydroxylation is 1. The molecule has 0 aliphatic carbocycles. The third-order valence-corrected chi connectivity index (χ3v) is 3.10. The Bertz CT molecular complexity index is 522. The van der Waals surface area contributed by atoms with E-state index in [2.05, 4.69) is 34.2 Å². The molecule has 0 spiro atoms. The average molecular weight is 249 g/mol. The fraction of sp³-hybridized carbons (Fsp3) is 0.583. The number of fused-ring (bicyclic) bond motifs is 1. The summed E-state index contributed by atoms with van der Waals surface area (Å²) in [4.78, 5) is 8.47. The molecule has 98 valence electrons. The quantitative estimate of drug-likeness (QED) is 0.832. The van der Waals surface area contributed by atoms with Crippen LogP contribution < -0.4 is 5.32 Å². The molecule has 0 fully saturated rings. The van der Waals surface area contributed by atoms with Crippen molar-refractivity contribution in [2.75, 3.05) is 11.9 Å². The molecular weight excluding hydrogens is 230 g/mol. The van der Waals surface area contributed by atoms with Gasteiger partial charge in [-0.05, 0) is 12.3 Å². The number of aromatic nitrogens is 4. The van der Waals surface area contributed by atoms with Crippen LogP contribution in [0.2, 0.25) is 0 Å². The van der Waals surface area contributed by atoms with Crippen molar-refractivity contribution in [3.63, 3.8) is 0 Å². The Labute approximate surface area is 106 Å². The predicted octanol–water partition coefficient (Wildman–Crippen LogP) is 1.18. The molecule has 6 nitrogen and oxygen atoms in total. The van der Waals surface area contributed by atoms with Crippen LogP contribution in [0.5, 0.6) is 0 Å². The number of rotatable bonds is 5. The van der Waals surface area contributed by atoms with Gasteiger partial charge in [0.2, 0.25) is 0 Å². The lowest BCUT2D eigenvalue weighted by molar-refractivity contribution is 0.267. The van der Waals surface area contributed by atoms with Crippen LogP contribution in [0.4, 0.5) is 5.82 Å². The van der Waals surface area contributed by atoms with Gasteiger partial charge in [-0.15, -0.1) is 0 Å². The number of anilines is 1. The van der Waals surface area contributed by atoms with Crippen molar-refractivity contribution in [1.29, 1.82) is 0 Å². The summed E-state index contributed by atoms with van der Waals surface area (Å²) in [5.74, 6) is 1.19. The molecule has 2 N–H and O–H groups in total. The zero-order chi connectivity index (χ0) is 13.1. The summed E-state index contributed by atoms with van der Waals surface area (Å²) in [5.41, 5.74) is 0.805. The molecule has 0 bridgehead atoms. The van der Waals surface area contributed by atoms with E-state index in [0.717, 1.165) is 16.9 Å². The minimum absolute atomic E-state index is 0.164. The molecule has 1 atom stereocenters. The molecule has 2 heterocycles. The van der Waals surface area contributed by atoms with Gasteiger partial charge < -0.3 is 10.4 Å². The summed E-state index contributed by atoms with van der Waals surface area (Å²) in [6.45, 7) is 4.40. The van der Waals surface area contributed by atoms with E-state index >= 15 is 0 Å². The Hall–Kier alpha value is -1.69. The lowest BCUT2D eigenvalue weighted by Gasteiger charge is -2.22. The molecule has 18 heavy (non-hydrogen) atoms. The topological polar surface area (TPSA) is 75.9 Å². The first-order valence-corrected chi connectivity index (χ1v) is 6.13. The van der Waals surface area contributed by atoms with Gasteiger partial charge in [-0.1, -0.05) is 13.8 Å². The van der Waals surface area contributed by atoms with Crippen molar-refractivity contribution in [2.24, 2.45) is 13.0 Å². The SMILES string of the molecule is CC(C)C(CCO)Nc1ncnc2c1cnn2C. The van der Waals surface area contributed by atoms with Crippen molar-refractivity contribution >= 4 is 16.9 Å². The Kier molecular flexibility index (Phi) is 3.76. The number of aliphatic hydroxyl groups is 1. The van der Waals surface area contributed by atoms with E-state index < -0.39 is 0 Å². The predicted molar refractivity (Wildman–Crippen MR) is 70.3 cm³/mol. The minimum Gasteiger partial charge on any atom is -0.396 e. The lowest BCUT2D eigenvalue weighted by atomic mass is 10.0. The monoisotopic (exact) mass is 249 g/mol. The number of nitrogens with zero attached hydrogens (tertiary/aromatic N) is 4. The maximum absolute atomic E-state index is 9.09. The van der Waals surface area contributed by atoms with E-state index in [1.807, 2.05) is 7.05 Å².